The third kappa shape index (κ3) is 5.18. The van der Waals surface area contributed by atoms with Crippen molar-refractivity contribution in [1.29, 1.82) is 0 Å². The van der Waals surface area contributed by atoms with Crippen molar-refractivity contribution in [1.82, 2.24) is 14.3 Å². The van der Waals surface area contributed by atoms with Crippen LogP contribution in [0.4, 0.5) is 13.9 Å². The van der Waals surface area contributed by atoms with Crippen molar-refractivity contribution >= 4 is 22.6 Å². The normalized spacial score (nSPS) is 14.6. The maximum atomic E-state index is 13.1. The number of hydrogen-bond acceptors (Lipinski definition) is 5. The number of carbonyl (C=O) groups excluding carboxylic acids is 1. The summed E-state index contributed by atoms with van der Waals surface area (Å²) in [6.07, 6.45) is 1.69. The van der Waals surface area contributed by atoms with Crippen LogP contribution in [0.1, 0.15) is 23.4 Å². The monoisotopic (exact) mass is 428 g/mol. The summed E-state index contributed by atoms with van der Waals surface area (Å²) >= 11 is 1.35. The van der Waals surface area contributed by atoms with Gasteiger partial charge in [-0.3, -0.25) is 4.79 Å². The molecular formula is C22H22F2N4OS. The number of rotatable bonds is 5. The maximum absolute atomic E-state index is 13.1. The van der Waals surface area contributed by atoms with Gasteiger partial charge in [0.15, 0.2) is 0 Å². The lowest BCUT2D eigenvalue weighted by Gasteiger charge is -2.21. The molecule has 0 N–H and O–H groups in total. The number of aromatic nitrogens is 2. The lowest BCUT2D eigenvalue weighted by molar-refractivity contribution is -0.130. The molecule has 0 saturated carbocycles. The van der Waals surface area contributed by atoms with Crippen LogP contribution in [0.15, 0.2) is 48.5 Å². The van der Waals surface area contributed by atoms with Crippen LogP contribution in [0.3, 0.4) is 0 Å². The van der Waals surface area contributed by atoms with Crippen molar-refractivity contribution in [2.45, 2.75) is 19.3 Å². The van der Waals surface area contributed by atoms with E-state index in [1.807, 2.05) is 4.90 Å². The molecule has 0 atom stereocenters. The Kier molecular flexibility index (Phi) is 6.32. The third-order valence-electron chi connectivity index (χ3n) is 5.12. The zero-order chi connectivity index (χ0) is 20.9. The smallest absolute Gasteiger partial charge is 0.227 e. The molecule has 1 saturated heterocycles. The second kappa shape index (κ2) is 9.30. The lowest BCUT2D eigenvalue weighted by Crippen LogP contribution is -2.36. The minimum Gasteiger partial charge on any atom is -0.345 e. The Balaban J connectivity index is 1.33. The van der Waals surface area contributed by atoms with Crippen LogP contribution in [0.25, 0.3) is 0 Å². The van der Waals surface area contributed by atoms with Gasteiger partial charge in [-0.2, -0.15) is 4.37 Å². The zero-order valence-electron chi connectivity index (χ0n) is 16.4. The van der Waals surface area contributed by atoms with E-state index in [1.165, 1.54) is 35.8 Å². The van der Waals surface area contributed by atoms with Gasteiger partial charge in [-0.05, 0) is 41.8 Å². The van der Waals surface area contributed by atoms with E-state index in [-0.39, 0.29) is 24.0 Å². The number of halogens is 2. The fourth-order valence-corrected chi connectivity index (χ4v) is 4.21. The number of carbonyl (C=O) groups is 1. The Labute approximate surface area is 178 Å². The molecular weight excluding hydrogens is 406 g/mol. The van der Waals surface area contributed by atoms with Gasteiger partial charge in [-0.25, -0.2) is 13.8 Å². The fourth-order valence-electron chi connectivity index (χ4n) is 3.48. The van der Waals surface area contributed by atoms with Crippen molar-refractivity contribution in [3.8, 4) is 0 Å². The van der Waals surface area contributed by atoms with Gasteiger partial charge in [0.2, 0.25) is 11.0 Å². The summed E-state index contributed by atoms with van der Waals surface area (Å²) in [5.74, 6) is 0.217. The first-order valence-electron chi connectivity index (χ1n) is 9.91. The fraction of sp³-hybridized carbons (Fsp3) is 0.318. The van der Waals surface area contributed by atoms with E-state index >= 15 is 0 Å². The number of amides is 1. The van der Waals surface area contributed by atoms with Gasteiger partial charge in [-0.1, -0.05) is 24.3 Å². The van der Waals surface area contributed by atoms with E-state index in [1.54, 1.807) is 24.3 Å². The van der Waals surface area contributed by atoms with Gasteiger partial charge in [0.1, 0.15) is 17.5 Å². The predicted molar refractivity (Wildman–Crippen MR) is 113 cm³/mol. The molecule has 1 aromatic heterocycles. The zero-order valence-corrected chi connectivity index (χ0v) is 17.2. The highest BCUT2D eigenvalue weighted by molar-refractivity contribution is 7.09. The third-order valence-corrected chi connectivity index (χ3v) is 5.94. The average Bonchev–Trinajstić information content (AvgIpc) is 3.06. The van der Waals surface area contributed by atoms with Crippen LogP contribution in [-0.4, -0.2) is 46.3 Å². The average molecular weight is 429 g/mol. The minimum absolute atomic E-state index is 0.0534. The molecule has 0 bridgehead atoms. The van der Waals surface area contributed by atoms with Gasteiger partial charge < -0.3 is 9.80 Å². The molecule has 8 heteroatoms. The van der Waals surface area contributed by atoms with Gasteiger partial charge in [-0.15, -0.1) is 0 Å². The van der Waals surface area contributed by atoms with Crippen molar-refractivity contribution < 1.29 is 13.6 Å². The van der Waals surface area contributed by atoms with E-state index in [0.29, 0.717) is 26.1 Å². The second-order valence-corrected chi connectivity index (χ2v) is 8.05. The number of hydrogen-bond donors (Lipinski definition) is 0. The standard InChI is InChI=1S/C22H22F2N4OS/c23-18-6-2-16(3-7-18)14-20-25-22(30-26-20)28-11-1-10-27(12-13-28)21(29)15-17-4-8-19(24)9-5-17/h2-9H,1,10-15H2. The molecule has 2 aromatic carbocycles. The summed E-state index contributed by atoms with van der Waals surface area (Å²) < 4.78 is 30.5. The first-order chi connectivity index (χ1) is 14.6. The summed E-state index contributed by atoms with van der Waals surface area (Å²) in [5.41, 5.74) is 1.78. The molecule has 1 aliphatic rings. The topological polar surface area (TPSA) is 49.3 Å². The summed E-state index contributed by atoms with van der Waals surface area (Å²) in [6.45, 7) is 2.82. The molecule has 30 heavy (non-hydrogen) atoms. The predicted octanol–water partition coefficient (Wildman–Crippen LogP) is 3.69. The summed E-state index contributed by atoms with van der Waals surface area (Å²) in [7, 11) is 0. The summed E-state index contributed by atoms with van der Waals surface area (Å²) in [4.78, 5) is 21.3. The van der Waals surface area contributed by atoms with Crippen LogP contribution in [0, 0.1) is 11.6 Å². The Morgan fingerprint density at radius 3 is 2.27 bits per heavy atom. The quantitative estimate of drug-likeness (QED) is 0.622. The molecule has 0 spiro atoms. The Morgan fingerprint density at radius 1 is 0.900 bits per heavy atom. The highest BCUT2D eigenvalue weighted by Gasteiger charge is 2.21. The SMILES string of the molecule is O=C(Cc1ccc(F)cc1)N1CCCN(c2nc(Cc3ccc(F)cc3)ns2)CC1. The Bertz CT molecular complexity index is 991. The Morgan fingerprint density at radius 2 is 1.57 bits per heavy atom. The van der Waals surface area contributed by atoms with Crippen LogP contribution in [-0.2, 0) is 17.6 Å². The summed E-state index contributed by atoms with van der Waals surface area (Å²) in [6, 6.07) is 12.4. The molecule has 3 aromatic rings. The summed E-state index contributed by atoms with van der Waals surface area (Å²) in [5, 5.41) is 0.847. The van der Waals surface area contributed by atoms with Crippen molar-refractivity contribution in [3.63, 3.8) is 0 Å². The highest BCUT2D eigenvalue weighted by atomic mass is 32.1. The van der Waals surface area contributed by atoms with Gasteiger partial charge >= 0.3 is 0 Å². The van der Waals surface area contributed by atoms with E-state index < -0.39 is 0 Å². The van der Waals surface area contributed by atoms with E-state index in [4.69, 9.17) is 0 Å². The van der Waals surface area contributed by atoms with Gasteiger partial charge in [0.05, 0.1) is 6.42 Å². The number of anilines is 1. The maximum Gasteiger partial charge on any atom is 0.227 e. The number of benzene rings is 2. The first kappa shape index (κ1) is 20.4. The van der Waals surface area contributed by atoms with Crippen LogP contribution < -0.4 is 4.90 Å². The minimum atomic E-state index is -0.299. The highest BCUT2D eigenvalue weighted by Crippen LogP contribution is 2.21. The van der Waals surface area contributed by atoms with E-state index in [9.17, 15) is 13.6 Å². The van der Waals surface area contributed by atoms with Crippen molar-refractivity contribution in [2.24, 2.45) is 0 Å². The molecule has 156 valence electrons. The molecule has 5 nitrogen and oxygen atoms in total. The molecule has 1 fully saturated rings. The van der Waals surface area contributed by atoms with Crippen LogP contribution in [0.5, 0.6) is 0 Å². The molecule has 0 aliphatic carbocycles. The van der Waals surface area contributed by atoms with Gasteiger partial charge in [0.25, 0.3) is 0 Å². The number of nitrogens with zero attached hydrogens (tertiary/aromatic N) is 4. The van der Waals surface area contributed by atoms with E-state index in [0.717, 1.165) is 35.0 Å². The van der Waals surface area contributed by atoms with Crippen LogP contribution >= 0.6 is 11.5 Å². The molecule has 1 amide bonds. The Hall–Kier alpha value is -2.87. The molecule has 4 rings (SSSR count). The molecule has 0 radical (unpaired) electrons. The largest absolute Gasteiger partial charge is 0.345 e. The van der Waals surface area contributed by atoms with Crippen molar-refractivity contribution in [2.75, 3.05) is 31.1 Å². The molecule has 2 heterocycles. The molecule has 0 unspecified atom stereocenters. The van der Waals surface area contributed by atoms with Gasteiger partial charge in [0, 0.05) is 44.1 Å². The lowest BCUT2D eigenvalue weighted by atomic mass is 10.1. The van der Waals surface area contributed by atoms with Crippen molar-refractivity contribution in [3.05, 3.63) is 77.1 Å². The second-order valence-electron chi connectivity index (χ2n) is 7.32. The molecule has 1 aliphatic heterocycles. The van der Waals surface area contributed by atoms with Crippen LogP contribution in [0.2, 0.25) is 0 Å². The van der Waals surface area contributed by atoms with E-state index in [2.05, 4.69) is 14.3 Å². The first-order valence-corrected chi connectivity index (χ1v) is 10.7.